The van der Waals surface area contributed by atoms with Crippen molar-refractivity contribution in [3.8, 4) is 17.5 Å². The van der Waals surface area contributed by atoms with E-state index in [0.29, 0.717) is 22.5 Å². The zero-order valence-electron chi connectivity index (χ0n) is 10.4. The number of aromatic nitrogens is 3. The van der Waals surface area contributed by atoms with Crippen molar-refractivity contribution in [3.05, 3.63) is 47.8 Å². The number of aryl methyl sites for hydroxylation is 1. The Balaban J connectivity index is 2.37. The SMILES string of the molecule is Cn1c(-c2ccncc2C#N)nc2ccc(F)c(F)c21. The summed E-state index contributed by atoms with van der Waals surface area (Å²) in [6, 6.07) is 6.07. The number of fused-ring (bicyclic) bond motifs is 1. The van der Waals surface area contributed by atoms with E-state index in [2.05, 4.69) is 9.97 Å². The first-order valence-corrected chi connectivity index (χ1v) is 5.78. The highest BCUT2D eigenvalue weighted by Gasteiger charge is 2.18. The molecule has 0 amide bonds. The minimum absolute atomic E-state index is 0.0701. The number of halogens is 2. The molecule has 3 rings (SSSR count). The van der Waals surface area contributed by atoms with E-state index < -0.39 is 11.6 Å². The molecule has 0 aliphatic carbocycles. The Kier molecular flexibility index (Phi) is 2.68. The molecule has 98 valence electrons. The van der Waals surface area contributed by atoms with E-state index in [1.54, 1.807) is 13.1 Å². The zero-order chi connectivity index (χ0) is 14.3. The Labute approximate surface area is 112 Å². The lowest BCUT2D eigenvalue weighted by molar-refractivity contribution is 0.513. The van der Waals surface area contributed by atoms with Crippen LogP contribution in [-0.2, 0) is 7.05 Å². The Morgan fingerprint density at radius 3 is 2.80 bits per heavy atom. The quantitative estimate of drug-likeness (QED) is 0.683. The summed E-state index contributed by atoms with van der Waals surface area (Å²) in [5.41, 5.74) is 1.26. The van der Waals surface area contributed by atoms with Gasteiger partial charge in [-0.15, -0.1) is 0 Å². The van der Waals surface area contributed by atoms with Gasteiger partial charge >= 0.3 is 0 Å². The van der Waals surface area contributed by atoms with Gasteiger partial charge in [0.05, 0.1) is 11.1 Å². The highest BCUT2D eigenvalue weighted by molar-refractivity contribution is 5.82. The van der Waals surface area contributed by atoms with Crippen molar-refractivity contribution in [2.24, 2.45) is 7.05 Å². The Hall–Kier alpha value is -2.81. The molecule has 6 heteroatoms. The third-order valence-corrected chi connectivity index (χ3v) is 3.11. The molecule has 4 nitrogen and oxygen atoms in total. The summed E-state index contributed by atoms with van der Waals surface area (Å²) in [4.78, 5) is 8.13. The largest absolute Gasteiger partial charge is 0.325 e. The van der Waals surface area contributed by atoms with E-state index in [9.17, 15) is 8.78 Å². The lowest BCUT2D eigenvalue weighted by Crippen LogP contribution is -1.97. The van der Waals surface area contributed by atoms with Crippen molar-refractivity contribution >= 4 is 11.0 Å². The van der Waals surface area contributed by atoms with Gasteiger partial charge in [0.25, 0.3) is 0 Å². The number of hydrogen-bond acceptors (Lipinski definition) is 3. The Morgan fingerprint density at radius 2 is 2.05 bits per heavy atom. The van der Waals surface area contributed by atoms with Crippen molar-refractivity contribution in [1.82, 2.24) is 14.5 Å². The first-order valence-electron chi connectivity index (χ1n) is 5.78. The van der Waals surface area contributed by atoms with Gasteiger partial charge in [0.2, 0.25) is 0 Å². The van der Waals surface area contributed by atoms with Gasteiger partial charge in [0.15, 0.2) is 11.6 Å². The van der Waals surface area contributed by atoms with Crippen LogP contribution in [0, 0.1) is 23.0 Å². The topological polar surface area (TPSA) is 54.5 Å². The third kappa shape index (κ3) is 1.64. The molecule has 0 atom stereocenters. The number of rotatable bonds is 1. The van der Waals surface area contributed by atoms with Crippen LogP contribution in [0.1, 0.15) is 5.56 Å². The van der Waals surface area contributed by atoms with Gasteiger partial charge in [-0.2, -0.15) is 5.26 Å². The summed E-state index contributed by atoms with van der Waals surface area (Å²) < 4.78 is 28.6. The van der Waals surface area contributed by atoms with Crippen molar-refractivity contribution < 1.29 is 8.78 Å². The molecule has 1 aromatic carbocycles. The predicted molar refractivity (Wildman–Crippen MR) is 68.6 cm³/mol. The molecule has 0 unspecified atom stereocenters. The maximum atomic E-state index is 13.9. The molecule has 0 aliphatic rings. The fraction of sp³-hybridized carbons (Fsp3) is 0.0714. The van der Waals surface area contributed by atoms with E-state index in [0.717, 1.165) is 6.07 Å². The van der Waals surface area contributed by atoms with Crippen LogP contribution >= 0.6 is 0 Å². The maximum absolute atomic E-state index is 13.9. The number of nitriles is 1. The first-order chi connectivity index (χ1) is 9.63. The molecule has 2 heterocycles. The molecule has 0 saturated carbocycles. The summed E-state index contributed by atoms with van der Waals surface area (Å²) in [6.07, 6.45) is 2.93. The van der Waals surface area contributed by atoms with Crippen LogP contribution < -0.4 is 0 Å². The molecular weight excluding hydrogens is 262 g/mol. The molecule has 0 N–H and O–H groups in total. The average molecular weight is 270 g/mol. The van der Waals surface area contributed by atoms with Crippen molar-refractivity contribution in [1.29, 1.82) is 5.26 Å². The summed E-state index contributed by atoms with van der Waals surface area (Å²) >= 11 is 0. The van der Waals surface area contributed by atoms with E-state index in [1.165, 1.54) is 23.0 Å². The van der Waals surface area contributed by atoms with E-state index in [-0.39, 0.29) is 5.52 Å². The molecule has 0 fully saturated rings. The van der Waals surface area contributed by atoms with Gasteiger partial charge in [0.1, 0.15) is 17.4 Å². The molecule has 0 saturated heterocycles. The van der Waals surface area contributed by atoms with Gasteiger partial charge in [-0.05, 0) is 18.2 Å². The molecule has 0 aliphatic heterocycles. The van der Waals surface area contributed by atoms with Crippen LogP contribution in [0.5, 0.6) is 0 Å². The number of hydrogen-bond donors (Lipinski definition) is 0. The fourth-order valence-electron chi connectivity index (χ4n) is 2.15. The number of nitrogens with zero attached hydrogens (tertiary/aromatic N) is 4. The molecule has 20 heavy (non-hydrogen) atoms. The standard InChI is InChI=1S/C14H8F2N4/c1-20-13-11(3-2-10(15)12(13)16)19-14(20)9-4-5-18-7-8(9)6-17/h2-5,7H,1H3. The average Bonchev–Trinajstić information content (AvgIpc) is 2.80. The summed E-state index contributed by atoms with van der Waals surface area (Å²) in [5, 5.41) is 9.08. The lowest BCUT2D eigenvalue weighted by atomic mass is 10.1. The first kappa shape index (κ1) is 12.2. The van der Waals surface area contributed by atoms with Crippen LogP contribution in [0.25, 0.3) is 22.4 Å². The third-order valence-electron chi connectivity index (χ3n) is 3.11. The van der Waals surface area contributed by atoms with E-state index >= 15 is 0 Å². The second kappa shape index (κ2) is 4.38. The summed E-state index contributed by atoms with van der Waals surface area (Å²) in [7, 11) is 1.58. The Morgan fingerprint density at radius 1 is 1.25 bits per heavy atom. The number of benzene rings is 1. The Bertz CT molecular complexity index is 861. The molecule has 0 bridgehead atoms. The normalized spacial score (nSPS) is 10.7. The minimum atomic E-state index is -0.948. The molecule has 3 aromatic rings. The minimum Gasteiger partial charge on any atom is -0.325 e. The van der Waals surface area contributed by atoms with Gasteiger partial charge in [0, 0.05) is 25.0 Å². The van der Waals surface area contributed by atoms with E-state index in [4.69, 9.17) is 5.26 Å². The van der Waals surface area contributed by atoms with Crippen LogP contribution in [0.3, 0.4) is 0 Å². The van der Waals surface area contributed by atoms with Gasteiger partial charge in [-0.1, -0.05) is 0 Å². The van der Waals surface area contributed by atoms with Gasteiger partial charge < -0.3 is 4.57 Å². The summed E-state index contributed by atoms with van der Waals surface area (Å²) in [6.45, 7) is 0. The van der Waals surface area contributed by atoms with Crippen LogP contribution in [0.15, 0.2) is 30.6 Å². The fourth-order valence-corrected chi connectivity index (χ4v) is 2.15. The van der Waals surface area contributed by atoms with Crippen LogP contribution in [0.2, 0.25) is 0 Å². The highest BCUT2D eigenvalue weighted by atomic mass is 19.2. The highest BCUT2D eigenvalue weighted by Crippen LogP contribution is 2.27. The smallest absolute Gasteiger partial charge is 0.184 e. The second-order valence-corrected chi connectivity index (χ2v) is 4.26. The molecular formula is C14H8F2N4. The van der Waals surface area contributed by atoms with Crippen molar-refractivity contribution in [2.75, 3.05) is 0 Å². The monoisotopic (exact) mass is 270 g/mol. The zero-order valence-corrected chi connectivity index (χ0v) is 10.4. The van der Waals surface area contributed by atoms with E-state index in [1.807, 2.05) is 6.07 Å². The predicted octanol–water partition coefficient (Wildman–Crippen LogP) is 2.79. The van der Waals surface area contributed by atoms with Gasteiger partial charge in [-0.25, -0.2) is 13.8 Å². The van der Waals surface area contributed by atoms with Gasteiger partial charge in [-0.3, -0.25) is 4.98 Å². The van der Waals surface area contributed by atoms with Crippen LogP contribution in [0.4, 0.5) is 8.78 Å². The second-order valence-electron chi connectivity index (χ2n) is 4.26. The molecule has 0 spiro atoms. The number of pyridine rings is 1. The van der Waals surface area contributed by atoms with Crippen LogP contribution in [-0.4, -0.2) is 14.5 Å². The van der Waals surface area contributed by atoms with Crippen molar-refractivity contribution in [3.63, 3.8) is 0 Å². The number of imidazole rings is 1. The molecule has 2 aromatic heterocycles. The molecule has 0 radical (unpaired) electrons. The lowest BCUT2D eigenvalue weighted by Gasteiger charge is -2.04. The van der Waals surface area contributed by atoms with Crippen molar-refractivity contribution in [2.45, 2.75) is 0 Å². The maximum Gasteiger partial charge on any atom is 0.184 e. The summed E-state index contributed by atoms with van der Waals surface area (Å²) in [5.74, 6) is -1.48.